The number of hydrogen-bond acceptors (Lipinski definition) is 2. The van der Waals surface area contributed by atoms with Crippen LogP contribution in [-0.2, 0) is 7.05 Å². The van der Waals surface area contributed by atoms with Gasteiger partial charge in [0.15, 0.2) is 4.77 Å². The summed E-state index contributed by atoms with van der Waals surface area (Å²) >= 11 is 5.00. The van der Waals surface area contributed by atoms with Crippen LogP contribution in [0, 0.1) is 4.77 Å². The number of H-pyrrole nitrogens is 2. The number of hydrogen-bond donors (Lipinski definition) is 2. The first-order valence-corrected chi connectivity index (χ1v) is 5.94. The van der Waals surface area contributed by atoms with Crippen molar-refractivity contribution in [3.63, 3.8) is 0 Å². The van der Waals surface area contributed by atoms with E-state index in [1.807, 2.05) is 42.1 Å². The molecule has 2 N–H and O–H groups in total. The van der Waals surface area contributed by atoms with Crippen LogP contribution in [0.1, 0.15) is 0 Å². The summed E-state index contributed by atoms with van der Waals surface area (Å²) in [4.78, 5) is 17.0. The van der Waals surface area contributed by atoms with E-state index in [0.717, 1.165) is 22.2 Å². The Kier molecular flexibility index (Phi) is 2.41. The smallest absolute Gasteiger partial charge is 0.252 e. The van der Waals surface area contributed by atoms with Gasteiger partial charge in [-0.25, -0.2) is 0 Å². The van der Waals surface area contributed by atoms with E-state index >= 15 is 0 Å². The number of nitrogens with zero attached hydrogens (tertiary/aromatic N) is 1. The first-order valence-electron chi connectivity index (χ1n) is 5.53. The number of nitrogens with one attached hydrogen (secondary N) is 2. The molecule has 0 bridgehead atoms. The lowest BCUT2D eigenvalue weighted by Crippen LogP contribution is -2.06. The molecule has 2 heterocycles. The van der Waals surface area contributed by atoms with Crippen molar-refractivity contribution in [3.8, 4) is 11.3 Å². The second kappa shape index (κ2) is 3.96. The van der Waals surface area contributed by atoms with Gasteiger partial charge in [-0.15, -0.1) is 0 Å². The molecule has 2 aromatic heterocycles. The molecule has 0 aliphatic carbocycles. The summed E-state index contributed by atoms with van der Waals surface area (Å²) in [5, 5.41) is 1.09. The molecule has 0 amide bonds. The van der Waals surface area contributed by atoms with E-state index in [2.05, 4.69) is 9.97 Å². The highest BCUT2D eigenvalue weighted by molar-refractivity contribution is 7.71. The van der Waals surface area contributed by atoms with Gasteiger partial charge in [-0.1, -0.05) is 18.2 Å². The van der Waals surface area contributed by atoms with E-state index in [1.165, 1.54) is 6.07 Å². The second-order valence-corrected chi connectivity index (χ2v) is 4.58. The normalized spacial score (nSPS) is 10.9. The average molecular weight is 257 g/mol. The monoisotopic (exact) mass is 257 g/mol. The predicted molar refractivity (Wildman–Crippen MR) is 74.2 cm³/mol. The average Bonchev–Trinajstić information content (AvgIpc) is 2.66. The summed E-state index contributed by atoms with van der Waals surface area (Å²) in [6, 6.07) is 9.57. The molecule has 18 heavy (non-hydrogen) atoms. The zero-order valence-corrected chi connectivity index (χ0v) is 10.5. The van der Waals surface area contributed by atoms with Crippen LogP contribution in [0.3, 0.4) is 0 Å². The van der Waals surface area contributed by atoms with Crippen LogP contribution in [0.2, 0.25) is 0 Å². The van der Waals surface area contributed by atoms with Gasteiger partial charge in [-0.2, -0.15) is 0 Å². The molecular formula is C13H11N3OS. The van der Waals surface area contributed by atoms with E-state index in [4.69, 9.17) is 12.2 Å². The maximum absolute atomic E-state index is 11.5. The Balaban J connectivity index is 2.38. The molecular weight excluding hydrogens is 246 g/mol. The van der Waals surface area contributed by atoms with E-state index in [9.17, 15) is 4.79 Å². The molecule has 3 rings (SSSR count). The molecule has 90 valence electrons. The standard InChI is InChI=1S/C13H11N3OS/c1-16-7-9(8-4-2-3-5-11(8)16)10-6-12(17)15-13(18)14-10/h2-7H,1H3,(H2,14,15,17,18). The van der Waals surface area contributed by atoms with Crippen LogP contribution < -0.4 is 5.56 Å². The van der Waals surface area contributed by atoms with Crippen LogP contribution in [0.15, 0.2) is 41.3 Å². The van der Waals surface area contributed by atoms with E-state index < -0.39 is 0 Å². The number of aryl methyl sites for hydroxylation is 1. The van der Waals surface area contributed by atoms with E-state index in [-0.39, 0.29) is 5.56 Å². The number of para-hydroxylation sites is 1. The van der Waals surface area contributed by atoms with Crippen molar-refractivity contribution in [1.29, 1.82) is 0 Å². The Morgan fingerprint density at radius 2 is 2.00 bits per heavy atom. The molecule has 1 aromatic carbocycles. The minimum Gasteiger partial charge on any atom is -0.350 e. The predicted octanol–water partition coefficient (Wildman–Crippen LogP) is 2.59. The fraction of sp³-hybridized carbons (Fsp3) is 0.0769. The van der Waals surface area contributed by atoms with Gasteiger partial charge in [-0.05, 0) is 18.3 Å². The fourth-order valence-corrected chi connectivity index (χ4v) is 2.38. The van der Waals surface area contributed by atoms with Gasteiger partial charge in [-0.3, -0.25) is 9.78 Å². The van der Waals surface area contributed by atoms with Gasteiger partial charge >= 0.3 is 0 Å². The maximum Gasteiger partial charge on any atom is 0.252 e. The molecule has 0 spiro atoms. The van der Waals surface area contributed by atoms with Crippen molar-refractivity contribution < 1.29 is 0 Å². The van der Waals surface area contributed by atoms with Gasteiger partial charge in [0.2, 0.25) is 0 Å². The second-order valence-electron chi connectivity index (χ2n) is 4.17. The lowest BCUT2D eigenvalue weighted by Gasteiger charge is -1.98. The zero-order valence-electron chi connectivity index (χ0n) is 9.73. The lowest BCUT2D eigenvalue weighted by atomic mass is 10.1. The highest BCUT2D eigenvalue weighted by Crippen LogP contribution is 2.27. The molecule has 5 heteroatoms. The van der Waals surface area contributed by atoms with Crippen molar-refractivity contribution in [2.24, 2.45) is 7.05 Å². The fourth-order valence-electron chi connectivity index (χ4n) is 2.17. The summed E-state index contributed by atoms with van der Waals surface area (Å²) in [5.41, 5.74) is 2.64. The minimum absolute atomic E-state index is 0.193. The third-order valence-corrected chi connectivity index (χ3v) is 3.15. The van der Waals surface area contributed by atoms with Crippen LogP contribution in [0.25, 0.3) is 22.2 Å². The van der Waals surface area contributed by atoms with E-state index in [1.54, 1.807) is 0 Å². The summed E-state index contributed by atoms with van der Waals surface area (Å²) in [5.74, 6) is 0. The zero-order chi connectivity index (χ0) is 12.7. The molecule has 0 saturated heterocycles. The number of aromatic nitrogens is 3. The Bertz CT molecular complexity index is 813. The van der Waals surface area contributed by atoms with Gasteiger partial charge < -0.3 is 9.55 Å². The summed E-state index contributed by atoms with van der Waals surface area (Å²) in [7, 11) is 1.98. The lowest BCUT2D eigenvalue weighted by molar-refractivity contribution is 0.968. The Morgan fingerprint density at radius 1 is 1.22 bits per heavy atom. The van der Waals surface area contributed by atoms with Crippen molar-refractivity contribution in [3.05, 3.63) is 51.7 Å². The van der Waals surface area contributed by atoms with Crippen molar-refractivity contribution in [2.75, 3.05) is 0 Å². The first-order chi connectivity index (χ1) is 8.65. The quantitative estimate of drug-likeness (QED) is 0.658. The maximum atomic E-state index is 11.5. The number of benzene rings is 1. The minimum atomic E-state index is -0.193. The molecule has 0 aliphatic rings. The third kappa shape index (κ3) is 1.69. The van der Waals surface area contributed by atoms with Crippen LogP contribution in [0.4, 0.5) is 0 Å². The third-order valence-electron chi connectivity index (χ3n) is 2.95. The van der Waals surface area contributed by atoms with Crippen molar-refractivity contribution in [2.45, 2.75) is 0 Å². The van der Waals surface area contributed by atoms with Gasteiger partial charge in [0.05, 0.1) is 5.69 Å². The Hall–Kier alpha value is -2.14. The molecule has 0 unspecified atom stereocenters. The summed E-state index contributed by atoms with van der Waals surface area (Å²) in [6.07, 6.45) is 1.99. The topological polar surface area (TPSA) is 53.6 Å². The first kappa shape index (κ1) is 11.0. The molecule has 0 atom stereocenters. The van der Waals surface area contributed by atoms with Gasteiger partial charge in [0, 0.05) is 35.8 Å². The molecule has 0 radical (unpaired) electrons. The van der Waals surface area contributed by atoms with Crippen LogP contribution in [0.5, 0.6) is 0 Å². The highest BCUT2D eigenvalue weighted by Gasteiger charge is 2.08. The number of fused-ring (bicyclic) bond motifs is 1. The van der Waals surface area contributed by atoms with Crippen LogP contribution >= 0.6 is 12.2 Å². The summed E-state index contributed by atoms with van der Waals surface area (Å²) < 4.78 is 2.37. The molecule has 4 nitrogen and oxygen atoms in total. The van der Waals surface area contributed by atoms with Crippen molar-refractivity contribution in [1.82, 2.24) is 14.5 Å². The van der Waals surface area contributed by atoms with Crippen molar-refractivity contribution >= 4 is 23.1 Å². The largest absolute Gasteiger partial charge is 0.350 e. The summed E-state index contributed by atoms with van der Waals surface area (Å²) in [6.45, 7) is 0. The van der Waals surface area contributed by atoms with Gasteiger partial charge in [0.25, 0.3) is 5.56 Å². The molecule has 3 aromatic rings. The Morgan fingerprint density at radius 3 is 2.78 bits per heavy atom. The number of rotatable bonds is 1. The highest BCUT2D eigenvalue weighted by atomic mass is 32.1. The van der Waals surface area contributed by atoms with E-state index in [0.29, 0.717) is 4.77 Å². The molecule has 0 saturated carbocycles. The van der Waals surface area contributed by atoms with Crippen LogP contribution in [-0.4, -0.2) is 14.5 Å². The SMILES string of the molecule is Cn1cc(-c2cc(=O)[nH]c(=S)[nH]2)c2ccccc21. The molecule has 0 aliphatic heterocycles. The Labute approximate surface area is 108 Å². The van der Waals surface area contributed by atoms with Gasteiger partial charge in [0.1, 0.15) is 0 Å². The molecule has 0 fully saturated rings. The number of aromatic amines is 2.